The lowest BCUT2D eigenvalue weighted by atomic mass is 10.0. The summed E-state index contributed by atoms with van der Waals surface area (Å²) in [4.78, 5) is 12.3. The van der Waals surface area contributed by atoms with Gasteiger partial charge in [-0.2, -0.15) is 0 Å². The van der Waals surface area contributed by atoms with Crippen LogP contribution < -0.4 is 11.1 Å². The van der Waals surface area contributed by atoms with Crippen molar-refractivity contribution in [2.24, 2.45) is 5.73 Å². The van der Waals surface area contributed by atoms with Crippen molar-refractivity contribution in [1.29, 1.82) is 0 Å². The smallest absolute Gasteiger partial charge is 0.243 e. The van der Waals surface area contributed by atoms with Gasteiger partial charge in [-0.15, -0.1) is 0 Å². The summed E-state index contributed by atoms with van der Waals surface area (Å²) in [5, 5.41) is 3.09. The first-order valence-electron chi connectivity index (χ1n) is 15.5. The number of nitrogens with two attached hydrogens (primary N) is 1. The normalized spacial score (nSPS) is 13.5. The molecule has 5 nitrogen and oxygen atoms in total. The molecule has 0 atom stereocenters. The van der Waals surface area contributed by atoms with E-state index in [9.17, 15) is 4.79 Å². The standard InChI is InChI=1S/C34H65N4O/c1-30(2)17-12-18-31(3)19-13-20-32(4)21-14-22-33(5)29-34(39)36-24-16-28-38(8,9)26-11-10-25-37(6,7)27-15-23-35/h17,19,21,29H,10-16,18,20,22-28,35H2,1-9H3/q+1/p+1. The highest BCUT2D eigenvalue weighted by atomic mass is 16.1. The third-order valence-electron chi connectivity index (χ3n) is 7.52. The third kappa shape index (κ3) is 23.9. The van der Waals surface area contributed by atoms with Gasteiger partial charge in [-0.05, 0) is 79.7 Å². The zero-order chi connectivity index (χ0) is 29.7. The molecule has 0 unspecified atom stereocenters. The van der Waals surface area contributed by atoms with Crippen molar-refractivity contribution in [3.63, 3.8) is 0 Å². The molecular formula is C34H66N4O+2. The maximum absolute atomic E-state index is 12.3. The molecule has 0 heterocycles. The Hall–Kier alpha value is -1.69. The molecule has 3 N–H and O–H groups in total. The van der Waals surface area contributed by atoms with Gasteiger partial charge < -0.3 is 20.0 Å². The van der Waals surface area contributed by atoms with Crippen molar-refractivity contribution < 1.29 is 13.8 Å². The average molecular weight is 547 g/mol. The molecule has 0 saturated carbocycles. The molecule has 1 amide bonds. The Bertz CT molecular complexity index is 798. The van der Waals surface area contributed by atoms with Gasteiger partial charge in [0.15, 0.2) is 0 Å². The summed E-state index contributed by atoms with van der Waals surface area (Å²) in [5.74, 6) is 0.0460. The number of nitrogens with zero attached hydrogens (tertiary/aromatic N) is 2. The van der Waals surface area contributed by atoms with Crippen LogP contribution >= 0.6 is 0 Å². The molecule has 0 aromatic heterocycles. The van der Waals surface area contributed by atoms with Crippen LogP contribution in [0.3, 0.4) is 0 Å². The molecule has 0 saturated heterocycles. The molecule has 0 rings (SSSR count). The van der Waals surface area contributed by atoms with Crippen LogP contribution in [0.2, 0.25) is 0 Å². The molecule has 0 fully saturated rings. The fourth-order valence-corrected chi connectivity index (χ4v) is 4.77. The minimum atomic E-state index is 0.0460. The van der Waals surface area contributed by atoms with Gasteiger partial charge in [0, 0.05) is 38.3 Å². The van der Waals surface area contributed by atoms with E-state index in [1.54, 1.807) is 6.08 Å². The minimum Gasteiger partial charge on any atom is -0.352 e. The summed E-state index contributed by atoms with van der Waals surface area (Å²) in [6.45, 7) is 17.0. The van der Waals surface area contributed by atoms with Gasteiger partial charge in [0.25, 0.3) is 0 Å². The van der Waals surface area contributed by atoms with Crippen LogP contribution in [0.15, 0.2) is 46.6 Å². The minimum absolute atomic E-state index is 0.0460. The Morgan fingerprint density at radius 2 is 1.08 bits per heavy atom. The highest BCUT2D eigenvalue weighted by Crippen LogP contribution is 2.13. The van der Waals surface area contributed by atoms with Crippen molar-refractivity contribution in [2.75, 3.05) is 67.5 Å². The van der Waals surface area contributed by atoms with Crippen molar-refractivity contribution in [3.8, 4) is 0 Å². The number of allylic oxidation sites excluding steroid dienone is 7. The number of nitrogens with one attached hydrogen (secondary N) is 1. The molecule has 0 aliphatic rings. The largest absolute Gasteiger partial charge is 0.352 e. The van der Waals surface area contributed by atoms with Gasteiger partial charge in [0.05, 0.1) is 54.4 Å². The number of unbranched alkanes of at least 4 members (excludes halogenated alkanes) is 1. The van der Waals surface area contributed by atoms with E-state index in [4.69, 9.17) is 5.73 Å². The third-order valence-corrected chi connectivity index (χ3v) is 7.52. The van der Waals surface area contributed by atoms with Crippen LogP contribution in [0, 0.1) is 0 Å². The molecular weight excluding hydrogens is 480 g/mol. The van der Waals surface area contributed by atoms with Crippen LogP contribution in [-0.2, 0) is 4.79 Å². The summed E-state index contributed by atoms with van der Waals surface area (Å²) >= 11 is 0. The van der Waals surface area contributed by atoms with Gasteiger partial charge >= 0.3 is 0 Å². The van der Waals surface area contributed by atoms with Gasteiger partial charge in [-0.3, -0.25) is 4.79 Å². The quantitative estimate of drug-likeness (QED) is 0.0670. The predicted molar refractivity (Wildman–Crippen MR) is 173 cm³/mol. The second-order valence-electron chi connectivity index (χ2n) is 13.2. The molecule has 5 heteroatoms. The number of carbonyl (C=O) groups is 1. The Morgan fingerprint density at radius 1 is 0.641 bits per heavy atom. The van der Waals surface area contributed by atoms with Gasteiger partial charge in [-0.25, -0.2) is 0 Å². The van der Waals surface area contributed by atoms with E-state index in [0.29, 0.717) is 0 Å². The Morgan fingerprint density at radius 3 is 1.56 bits per heavy atom. The van der Waals surface area contributed by atoms with E-state index in [2.05, 4.69) is 86.4 Å². The van der Waals surface area contributed by atoms with Crippen molar-refractivity contribution in [3.05, 3.63) is 46.6 Å². The molecule has 0 aliphatic carbocycles. The molecule has 0 spiro atoms. The lowest BCUT2D eigenvalue weighted by Gasteiger charge is -2.32. The average Bonchev–Trinajstić information content (AvgIpc) is 2.83. The molecule has 226 valence electrons. The van der Waals surface area contributed by atoms with E-state index >= 15 is 0 Å². The number of rotatable bonds is 22. The van der Waals surface area contributed by atoms with E-state index < -0.39 is 0 Å². The second kappa shape index (κ2) is 21.1. The van der Waals surface area contributed by atoms with Crippen LogP contribution in [-0.4, -0.2) is 82.3 Å². The van der Waals surface area contributed by atoms with Crippen molar-refractivity contribution >= 4 is 5.91 Å². The van der Waals surface area contributed by atoms with Crippen LogP contribution in [0.25, 0.3) is 0 Å². The molecule has 0 aromatic carbocycles. The Kier molecular flexibility index (Phi) is 20.2. The van der Waals surface area contributed by atoms with Crippen molar-refractivity contribution in [2.45, 2.75) is 98.8 Å². The Balaban J connectivity index is 4.13. The van der Waals surface area contributed by atoms with Gasteiger partial charge in [0.1, 0.15) is 0 Å². The Labute approximate surface area is 243 Å². The summed E-state index contributed by atoms with van der Waals surface area (Å²) in [6.07, 6.45) is 19.9. The maximum Gasteiger partial charge on any atom is 0.243 e. The zero-order valence-corrected chi connectivity index (χ0v) is 27.5. The summed E-state index contributed by atoms with van der Waals surface area (Å²) in [5.41, 5.74) is 11.1. The van der Waals surface area contributed by atoms with Crippen LogP contribution in [0.1, 0.15) is 98.8 Å². The molecule has 0 aromatic rings. The number of carbonyl (C=O) groups excluding carboxylic acids is 1. The first-order chi connectivity index (χ1) is 18.3. The maximum atomic E-state index is 12.3. The number of hydrogen-bond donors (Lipinski definition) is 2. The van der Waals surface area contributed by atoms with E-state index in [-0.39, 0.29) is 5.91 Å². The molecule has 0 bridgehead atoms. The highest BCUT2D eigenvalue weighted by Gasteiger charge is 2.17. The first kappa shape index (κ1) is 37.3. The number of amides is 1. The van der Waals surface area contributed by atoms with E-state index in [0.717, 1.165) is 92.1 Å². The van der Waals surface area contributed by atoms with E-state index in [1.165, 1.54) is 42.7 Å². The second-order valence-corrected chi connectivity index (χ2v) is 13.2. The summed E-state index contributed by atoms with van der Waals surface area (Å²) < 4.78 is 2.08. The fourth-order valence-electron chi connectivity index (χ4n) is 4.77. The molecule has 39 heavy (non-hydrogen) atoms. The van der Waals surface area contributed by atoms with Crippen molar-refractivity contribution in [1.82, 2.24) is 5.32 Å². The fraction of sp³-hybridized carbons (Fsp3) is 0.735. The lowest BCUT2D eigenvalue weighted by molar-refractivity contribution is -0.896. The van der Waals surface area contributed by atoms with Gasteiger partial charge in [-0.1, -0.05) is 40.5 Å². The first-order valence-corrected chi connectivity index (χ1v) is 15.5. The van der Waals surface area contributed by atoms with Crippen LogP contribution in [0.4, 0.5) is 0 Å². The topological polar surface area (TPSA) is 55.1 Å². The lowest BCUT2D eigenvalue weighted by Crippen LogP contribution is -2.44. The number of quaternary nitrogens is 2. The highest BCUT2D eigenvalue weighted by molar-refractivity contribution is 5.88. The summed E-state index contributed by atoms with van der Waals surface area (Å²) in [6, 6.07) is 0. The van der Waals surface area contributed by atoms with Crippen LogP contribution in [0.5, 0.6) is 0 Å². The summed E-state index contributed by atoms with van der Waals surface area (Å²) in [7, 11) is 9.22. The number of hydrogen-bond acceptors (Lipinski definition) is 2. The molecule has 0 aliphatic heterocycles. The SMILES string of the molecule is CC(C)=CCCC(C)=CCCC(C)=CCCC(C)=CC(=O)NCCC[N+](C)(C)CCCC[N+](C)(C)CCCN. The zero-order valence-electron chi connectivity index (χ0n) is 27.5. The van der Waals surface area contributed by atoms with Gasteiger partial charge in [0.2, 0.25) is 5.91 Å². The predicted octanol–water partition coefficient (Wildman–Crippen LogP) is 6.92. The van der Waals surface area contributed by atoms with E-state index in [1.807, 2.05) is 0 Å². The monoisotopic (exact) mass is 547 g/mol. The molecule has 0 radical (unpaired) electrons.